The lowest BCUT2D eigenvalue weighted by molar-refractivity contribution is -0.128. The molecule has 1 saturated heterocycles. The van der Waals surface area contributed by atoms with Crippen LogP contribution in [-0.2, 0) is 4.79 Å². The molecular weight excluding hydrogens is 212 g/mol. The van der Waals surface area contributed by atoms with Gasteiger partial charge in [0.1, 0.15) is 0 Å². The number of amides is 1. The number of hydrogen-bond acceptors (Lipinski definition) is 2. The van der Waals surface area contributed by atoms with Crippen LogP contribution in [0.5, 0.6) is 0 Å². The SMILES string of the molecule is CC1CCCC1CNC(=O)C1(C)CCCCN1. The second-order valence-corrected chi connectivity index (χ2v) is 6.09. The third-order valence-corrected chi connectivity index (χ3v) is 4.68. The molecule has 0 radical (unpaired) electrons. The van der Waals surface area contributed by atoms with E-state index in [1.807, 2.05) is 6.92 Å². The Morgan fingerprint density at radius 1 is 1.35 bits per heavy atom. The quantitative estimate of drug-likeness (QED) is 0.790. The smallest absolute Gasteiger partial charge is 0.240 e. The Labute approximate surface area is 105 Å². The van der Waals surface area contributed by atoms with E-state index in [0.717, 1.165) is 31.8 Å². The van der Waals surface area contributed by atoms with Crippen LogP contribution in [0.3, 0.4) is 0 Å². The summed E-state index contributed by atoms with van der Waals surface area (Å²) in [5, 5.41) is 6.53. The number of hydrogen-bond donors (Lipinski definition) is 2. The second kappa shape index (κ2) is 5.38. The van der Waals surface area contributed by atoms with Gasteiger partial charge in [0, 0.05) is 6.54 Å². The Balaban J connectivity index is 1.80. The maximum Gasteiger partial charge on any atom is 0.240 e. The summed E-state index contributed by atoms with van der Waals surface area (Å²) >= 11 is 0. The lowest BCUT2D eigenvalue weighted by Crippen LogP contribution is -2.57. The minimum absolute atomic E-state index is 0.205. The van der Waals surface area contributed by atoms with E-state index in [1.54, 1.807) is 0 Å². The van der Waals surface area contributed by atoms with Gasteiger partial charge in [-0.15, -0.1) is 0 Å². The summed E-state index contributed by atoms with van der Waals surface area (Å²) in [6.45, 7) is 6.20. The highest BCUT2D eigenvalue weighted by atomic mass is 16.2. The first kappa shape index (κ1) is 12.9. The zero-order chi connectivity index (χ0) is 12.3. The molecule has 1 saturated carbocycles. The van der Waals surface area contributed by atoms with Gasteiger partial charge in [0.25, 0.3) is 0 Å². The van der Waals surface area contributed by atoms with Crippen LogP contribution in [-0.4, -0.2) is 24.5 Å². The fraction of sp³-hybridized carbons (Fsp3) is 0.929. The summed E-state index contributed by atoms with van der Waals surface area (Å²) in [4.78, 5) is 12.2. The summed E-state index contributed by atoms with van der Waals surface area (Å²) in [6, 6.07) is 0. The van der Waals surface area contributed by atoms with Gasteiger partial charge in [0.2, 0.25) is 5.91 Å². The van der Waals surface area contributed by atoms with Gasteiger partial charge in [-0.05, 0) is 51.0 Å². The molecule has 2 rings (SSSR count). The first-order valence-electron chi connectivity index (χ1n) is 7.15. The Morgan fingerprint density at radius 2 is 2.18 bits per heavy atom. The molecule has 2 fully saturated rings. The number of carbonyl (C=O) groups excluding carboxylic acids is 1. The Morgan fingerprint density at radius 3 is 2.76 bits per heavy atom. The third-order valence-electron chi connectivity index (χ3n) is 4.68. The number of rotatable bonds is 3. The molecule has 0 aromatic rings. The van der Waals surface area contributed by atoms with Crippen molar-refractivity contribution in [3.8, 4) is 0 Å². The standard InChI is InChI=1S/C14H26N2O/c1-11-6-5-7-12(11)10-15-13(17)14(2)8-3-4-9-16-14/h11-12,16H,3-10H2,1-2H3,(H,15,17). The summed E-state index contributed by atoms with van der Waals surface area (Å²) in [6.07, 6.45) is 7.28. The maximum absolute atomic E-state index is 12.2. The number of piperidine rings is 1. The van der Waals surface area contributed by atoms with Gasteiger partial charge in [-0.1, -0.05) is 19.8 Å². The molecule has 3 nitrogen and oxygen atoms in total. The molecule has 1 heterocycles. The molecule has 0 spiro atoms. The first-order chi connectivity index (χ1) is 8.12. The first-order valence-corrected chi connectivity index (χ1v) is 7.15. The minimum Gasteiger partial charge on any atom is -0.354 e. The van der Waals surface area contributed by atoms with E-state index in [9.17, 15) is 4.79 Å². The highest BCUT2D eigenvalue weighted by molar-refractivity contribution is 5.85. The summed E-state index contributed by atoms with van der Waals surface area (Å²) < 4.78 is 0. The molecule has 2 aliphatic rings. The Bertz CT molecular complexity index is 271. The van der Waals surface area contributed by atoms with Crippen molar-refractivity contribution in [3.63, 3.8) is 0 Å². The number of nitrogens with one attached hydrogen (secondary N) is 2. The average molecular weight is 238 g/mol. The predicted molar refractivity (Wildman–Crippen MR) is 69.8 cm³/mol. The third kappa shape index (κ3) is 3.01. The van der Waals surface area contributed by atoms with Gasteiger partial charge >= 0.3 is 0 Å². The Hall–Kier alpha value is -0.570. The zero-order valence-corrected chi connectivity index (χ0v) is 11.2. The highest BCUT2D eigenvalue weighted by Crippen LogP contribution is 2.30. The molecule has 0 bridgehead atoms. The van der Waals surface area contributed by atoms with Gasteiger partial charge in [-0.2, -0.15) is 0 Å². The van der Waals surface area contributed by atoms with Crippen molar-refractivity contribution in [2.75, 3.05) is 13.1 Å². The molecule has 3 unspecified atom stereocenters. The second-order valence-electron chi connectivity index (χ2n) is 6.09. The van der Waals surface area contributed by atoms with E-state index in [1.165, 1.54) is 25.7 Å². The van der Waals surface area contributed by atoms with E-state index in [-0.39, 0.29) is 11.4 Å². The van der Waals surface area contributed by atoms with Gasteiger partial charge < -0.3 is 10.6 Å². The van der Waals surface area contributed by atoms with Gasteiger partial charge in [-0.3, -0.25) is 4.79 Å². The maximum atomic E-state index is 12.2. The molecule has 17 heavy (non-hydrogen) atoms. The van der Waals surface area contributed by atoms with Gasteiger partial charge in [0.05, 0.1) is 5.54 Å². The monoisotopic (exact) mass is 238 g/mol. The normalized spacial score (nSPS) is 38.0. The molecule has 0 aromatic heterocycles. The summed E-state index contributed by atoms with van der Waals surface area (Å²) in [5.74, 6) is 1.69. The predicted octanol–water partition coefficient (Wildman–Crippen LogP) is 2.07. The lowest BCUT2D eigenvalue weighted by atomic mass is 9.89. The van der Waals surface area contributed by atoms with Crippen LogP contribution in [0.2, 0.25) is 0 Å². The fourth-order valence-electron chi connectivity index (χ4n) is 3.19. The molecule has 2 N–H and O–H groups in total. The lowest BCUT2D eigenvalue weighted by Gasteiger charge is -2.34. The molecule has 1 aliphatic carbocycles. The Kier molecular flexibility index (Phi) is 4.08. The molecular formula is C14H26N2O. The topological polar surface area (TPSA) is 41.1 Å². The number of carbonyl (C=O) groups is 1. The average Bonchev–Trinajstić information content (AvgIpc) is 2.73. The summed E-state index contributed by atoms with van der Waals surface area (Å²) in [5.41, 5.74) is -0.319. The van der Waals surface area contributed by atoms with E-state index < -0.39 is 0 Å². The van der Waals surface area contributed by atoms with E-state index in [0.29, 0.717) is 5.92 Å². The van der Waals surface area contributed by atoms with Crippen LogP contribution in [0.4, 0.5) is 0 Å². The van der Waals surface area contributed by atoms with E-state index in [2.05, 4.69) is 17.6 Å². The van der Waals surface area contributed by atoms with E-state index in [4.69, 9.17) is 0 Å². The summed E-state index contributed by atoms with van der Waals surface area (Å²) in [7, 11) is 0. The molecule has 98 valence electrons. The molecule has 1 aliphatic heterocycles. The van der Waals surface area contributed by atoms with Crippen molar-refractivity contribution in [1.82, 2.24) is 10.6 Å². The largest absolute Gasteiger partial charge is 0.354 e. The molecule has 3 heteroatoms. The van der Waals surface area contributed by atoms with Crippen molar-refractivity contribution >= 4 is 5.91 Å². The van der Waals surface area contributed by atoms with Gasteiger partial charge in [-0.25, -0.2) is 0 Å². The highest BCUT2D eigenvalue weighted by Gasteiger charge is 2.34. The van der Waals surface area contributed by atoms with Crippen molar-refractivity contribution in [3.05, 3.63) is 0 Å². The van der Waals surface area contributed by atoms with Crippen LogP contribution in [0.1, 0.15) is 52.4 Å². The van der Waals surface area contributed by atoms with Crippen molar-refractivity contribution < 1.29 is 4.79 Å². The van der Waals surface area contributed by atoms with Crippen molar-refractivity contribution in [2.45, 2.75) is 57.9 Å². The zero-order valence-electron chi connectivity index (χ0n) is 11.2. The minimum atomic E-state index is -0.319. The van der Waals surface area contributed by atoms with Crippen LogP contribution in [0, 0.1) is 11.8 Å². The van der Waals surface area contributed by atoms with Crippen molar-refractivity contribution in [1.29, 1.82) is 0 Å². The van der Waals surface area contributed by atoms with E-state index >= 15 is 0 Å². The van der Waals surface area contributed by atoms with Crippen LogP contribution < -0.4 is 10.6 Å². The van der Waals surface area contributed by atoms with Crippen LogP contribution in [0.25, 0.3) is 0 Å². The molecule has 1 amide bonds. The van der Waals surface area contributed by atoms with Crippen LogP contribution >= 0.6 is 0 Å². The van der Waals surface area contributed by atoms with Gasteiger partial charge in [0.15, 0.2) is 0 Å². The fourth-order valence-corrected chi connectivity index (χ4v) is 3.19. The van der Waals surface area contributed by atoms with Crippen molar-refractivity contribution in [2.24, 2.45) is 11.8 Å². The van der Waals surface area contributed by atoms with Crippen LogP contribution in [0.15, 0.2) is 0 Å². The molecule has 0 aromatic carbocycles. The molecule has 3 atom stereocenters.